The molecule has 1 saturated heterocycles. The van der Waals surface area contributed by atoms with Crippen LogP contribution < -0.4 is 5.73 Å². The lowest BCUT2D eigenvalue weighted by molar-refractivity contribution is 0.394. The average Bonchev–Trinajstić information content (AvgIpc) is 2.59. The third kappa shape index (κ3) is 2.21. The van der Waals surface area contributed by atoms with Gasteiger partial charge in [0.15, 0.2) is 0 Å². The molecule has 0 aromatic carbocycles. The van der Waals surface area contributed by atoms with E-state index in [1.165, 1.54) is 11.3 Å². The van der Waals surface area contributed by atoms with Crippen LogP contribution in [0.5, 0.6) is 0 Å². The fraction of sp³-hybridized carbons (Fsp3) is 0.667. The maximum Gasteiger partial charge on any atom is 0.150 e. The molecular weight excluding hydrogens is 232 g/mol. The van der Waals surface area contributed by atoms with Crippen molar-refractivity contribution in [2.45, 2.75) is 25.3 Å². The number of aromatic nitrogens is 1. The van der Waals surface area contributed by atoms with Crippen LogP contribution in [0.3, 0.4) is 0 Å². The molecule has 0 radical (unpaired) electrons. The molecule has 0 aliphatic carbocycles. The molecule has 1 aromatic heterocycles. The molecule has 4 nitrogen and oxygen atoms in total. The minimum absolute atomic E-state index is 0.183. The summed E-state index contributed by atoms with van der Waals surface area (Å²) in [5.41, 5.74) is 6.63. The van der Waals surface area contributed by atoms with Gasteiger partial charge in [0.1, 0.15) is 14.8 Å². The Hall–Kier alpha value is -0.460. The molecule has 0 unspecified atom stereocenters. The Morgan fingerprint density at radius 3 is 2.53 bits per heavy atom. The van der Waals surface area contributed by atoms with Crippen molar-refractivity contribution < 1.29 is 8.42 Å². The molecule has 2 heterocycles. The highest BCUT2D eigenvalue weighted by molar-refractivity contribution is 7.91. The quantitative estimate of drug-likeness (QED) is 0.796. The molecule has 0 atom stereocenters. The first-order chi connectivity index (χ1) is 6.91. The van der Waals surface area contributed by atoms with E-state index in [4.69, 9.17) is 5.73 Å². The summed E-state index contributed by atoms with van der Waals surface area (Å²) in [5, 5.41) is 2.82. The summed E-state index contributed by atoms with van der Waals surface area (Å²) in [6, 6.07) is 0. The molecule has 2 rings (SSSR count). The zero-order chi connectivity index (χ0) is 11.1. The molecule has 15 heavy (non-hydrogen) atoms. The van der Waals surface area contributed by atoms with Gasteiger partial charge in [-0.15, -0.1) is 11.3 Å². The molecule has 1 fully saturated rings. The standard InChI is InChI=1S/C9H14N2O2S2/c1-7-6-14-8(11-7)9(10)2-4-15(12,13)5-3-9/h6H,2-5,10H2,1H3. The Morgan fingerprint density at radius 1 is 1.47 bits per heavy atom. The first kappa shape index (κ1) is 11.0. The normalized spacial score (nSPS) is 23.9. The Kier molecular flexibility index (Phi) is 2.60. The maximum atomic E-state index is 11.3. The van der Waals surface area contributed by atoms with Gasteiger partial charge >= 0.3 is 0 Å². The molecule has 0 saturated carbocycles. The van der Waals surface area contributed by atoms with Crippen LogP contribution in [0.25, 0.3) is 0 Å². The predicted octanol–water partition coefficient (Wildman–Crippen LogP) is 0.814. The van der Waals surface area contributed by atoms with Crippen molar-refractivity contribution in [1.82, 2.24) is 4.98 Å². The Balaban J connectivity index is 2.23. The number of hydrogen-bond acceptors (Lipinski definition) is 5. The number of nitrogens with zero attached hydrogens (tertiary/aromatic N) is 1. The molecule has 84 valence electrons. The highest BCUT2D eigenvalue weighted by Crippen LogP contribution is 2.33. The van der Waals surface area contributed by atoms with Gasteiger partial charge in [-0.2, -0.15) is 0 Å². The largest absolute Gasteiger partial charge is 0.319 e. The molecule has 1 aliphatic heterocycles. The van der Waals surface area contributed by atoms with Gasteiger partial charge in [0.2, 0.25) is 0 Å². The first-order valence-corrected chi connectivity index (χ1v) is 7.53. The summed E-state index contributed by atoms with van der Waals surface area (Å²) < 4.78 is 22.6. The van der Waals surface area contributed by atoms with E-state index >= 15 is 0 Å². The summed E-state index contributed by atoms with van der Waals surface area (Å²) >= 11 is 1.52. The van der Waals surface area contributed by atoms with Crippen molar-refractivity contribution in [2.24, 2.45) is 5.73 Å². The predicted molar refractivity (Wildman–Crippen MR) is 60.6 cm³/mol. The molecule has 0 bridgehead atoms. The zero-order valence-electron chi connectivity index (χ0n) is 8.56. The van der Waals surface area contributed by atoms with Crippen LogP contribution in [-0.4, -0.2) is 24.9 Å². The monoisotopic (exact) mass is 246 g/mol. The second-order valence-electron chi connectivity index (χ2n) is 4.10. The van der Waals surface area contributed by atoms with Gasteiger partial charge in [-0.05, 0) is 19.8 Å². The highest BCUT2D eigenvalue weighted by atomic mass is 32.2. The van der Waals surface area contributed by atoms with Gasteiger partial charge < -0.3 is 5.73 Å². The van der Waals surface area contributed by atoms with Gasteiger partial charge in [-0.25, -0.2) is 13.4 Å². The van der Waals surface area contributed by atoms with Crippen LogP contribution in [-0.2, 0) is 15.4 Å². The maximum absolute atomic E-state index is 11.3. The molecule has 0 spiro atoms. The van der Waals surface area contributed by atoms with E-state index in [1.807, 2.05) is 12.3 Å². The van der Waals surface area contributed by atoms with Crippen molar-refractivity contribution in [2.75, 3.05) is 11.5 Å². The molecule has 1 aliphatic rings. The fourth-order valence-corrected chi connectivity index (χ4v) is 4.22. The lowest BCUT2D eigenvalue weighted by Gasteiger charge is -2.31. The lowest BCUT2D eigenvalue weighted by atomic mass is 9.94. The Morgan fingerprint density at radius 2 is 2.07 bits per heavy atom. The van der Waals surface area contributed by atoms with Crippen molar-refractivity contribution in [3.63, 3.8) is 0 Å². The SMILES string of the molecule is Cc1csc(C2(N)CCS(=O)(=O)CC2)n1. The van der Waals surface area contributed by atoms with Crippen LogP contribution in [0.2, 0.25) is 0 Å². The smallest absolute Gasteiger partial charge is 0.150 e. The lowest BCUT2D eigenvalue weighted by Crippen LogP contribution is -2.44. The van der Waals surface area contributed by atoms with E-state index in [-0.39, 0.29) is 11.5 Å². The Bertz CT molecular complexity index is 450. The number of sulfone groups is 1. The van der Waals surface area contributed by atoms with Crippen molar-refractivity contribution in [3.05, 3.63) is 16.1 Å². The second kappa shape index (κ2) is 3.54. The minimum Gasteiger partial charge on any atom is -0.319 e. The summed E-state index contributed by atoms with van der Waals surface area (Å²) in [6.07, 6.45) is 0.977. The van der Waals surface area contributed by atoms with Gasteiger partial charge in [0, 0.05) is 11.1 Å². The first-order valence-electron chi connectivity index (χ1n) is 4.83. The average molecular weight is 246 g/mol. The number of nitrogens with two attached hydrogens (primary N) is 1. The van der Waals surface area contributed by atoms with E-state index < -0.39 is 15.4 Å². The Labute approximate surface area is 93.4 Å². The molecule has 0 amide bonds. The van der Waals surface area contributed by atoms with Crippen molar-refractivity contribution >= 4 is 21.2 Å². The van der Waals surface area contributed by atoms with Gasteiger partial charge in [0.25, 0.3) is 0 Å². The highest BCUT2D eigenvalue weighted by Gasteiger charge is 2.37. The van der Waals surface area contributed by atoms with E-state index in [9.17, 15) is 8.42 Å². The molecular formula is C9H14N2O2S2. The number of thiazole rings is 1. The van der Waals surface area contributed by atoms with Crippen LogP contribution in [0.15, 0.2) is 5.38 Å². The van der Waals surface area contributed by atoms with E-state index in [1.54, 1.807) is 0 Å². The minimum atomic E-state index is -2.86. The molecule has 2 N–H and O–H groups in total. The van der Waals surface area contributed by atoms with E-state index in [0.717, 1.165) is 10.7 Å². The second-order valence-corrected chi connectivity index (χ2v) is 7.26. The topological polar surface area (TPSA) is 73.1 Å². The van der Waals surface area contributed by atoms with Crippen molar-refractivity contribution in [3.8, 4) is 0 Å². The van der Waals surface area contributed by atoms with Gasteiger partial charge in [0.05, 0.1) is 17.0 Å². The number of rotatable bonds is 1. The van der Waals surface area contributed by atoms with E-state index in [0.29, 0.717) is 12.8 Å². The summed E-state index contributed by atoms with van der Waals surface area (Å²) in [4.78, 5) is 4.35. The van der Waals surface area contributed by atoms with Crippen LogP contribution in [0, 0.1) is 6.92 Å². The molecule has 6 heteroatoms. The van der Waals surface area contributed by atoms with Crippen molar-refractivity contribution in [1.29, 1.82) is 0 Å². The van der Waals surface area contributed by atoms with Gasteiger partial charge in [-0.1, -0.05) is 0 Å². The van der Waals surface area contributed by atoms with Gasteiger partial charge in [-0.3, -0.25) is 0 Å². The fourth-order valence-electron chi connectivity index (χ4n) is 1.70. The number of aryl methyl sites for hydroxylation is 1. The van der Waals surface area contributed by atoms with E-state index in [2.05, 4.69) is 4.98 Å². The summed E-state index contributed by atoms with van der Waals surface area (Å²) in [5.74, 6) is 0.365. The third-order valence-electron chi connectivity index (χ3n) is 2.76. The van der Waals surface area contributed by atoms with Crippen LogP contribution in [0.4, 0.5) is 0 Å². The zero-order valence-corrected chi connectivity index (χ0v) is 10.2. The summed E-state index contributed by atoms with van der Waals surface area (Å²) in [7, 11) is -2.86. The third-order valence-corrected chi connectivity index (χ3v) is 5.60. The van der Waals surface area contributed by atoms with Crippen LogP contribution in [0.1, 0.15) is 23.5 Å². The molecule has 1 aromatic rings. The number of hydrogen-bond donors (Lipinski definition) is 1. The summed E-state index contributed by atoms with van der Waals surface area (Å²) in [6.45, 7) is 1.92. The van der Waals surface area contributed by atoms with Crippen LogP contribution >= 0.6 is 11.3 Å².